The molecule has 176 valence electrons. The number of esters is 1. The van der Waals surface area contributed by atoms with Gasteiger partial charge in [-0.2, -0.15) is 9.40 Å². The first kappa shape index (κ1) is 23.4. The average molecular weight is 493 g/mol. The van der Waals surface area contributed by atoms with Crippen LogP contribution in [0.15, 0.2) is 29.2 Å². The number of nitrogens with one attached hydrogen (secondary N) is 1. The Kier molecular flexibility index (Phi) is 6.52. The van der Waals surface area contributed by atoms with Gasteiger partial charge in [0.15, 0.2) is 6.61 Å². The molecule has 1 saturated heterocycles. The summed E-state index contributed by atoms with van der Waals surface area (Å²) in [6.07, 6.45) is 0. The number of amides is 1. The maximum absolute atomic E-state index is 12.9. The second kappa shape index (κ2) is 9.21. The summed E-state index contributed by atoms with van der Waals surface area (Å²) in [6, 6.07) is 6.25. The summed E-state index contributed by atoms with van der Waals surface area (Å²) in [4.78, 5) is 26.1. The maximum Gasteiger partial charge on any atom is 0.348 e. The number of hydrogen-bond donors (Lipinski definition) is 1. The molecule has 1 N–H and O–H groups in total. The third kappa shape index (κ3) is 4.78. The highest BCUT2D eigenvalue weighted by Crippen LogP contribution is 2.28. The number of thiophene rings is 1. The summed E-state index contributed by atoms with van der Waals surface area (Å²) in [5.41, 5.74) is 1.83. The number of nitrogens with zero attached hydrogens (tertiary/aromatic N) is 3. The fourth-order valence-corrected chi connectivity index (χ4v) is 5.98. The van der Waals surface area contributed by atoms with Gasteiger partial charge in [-0.3, -0.25) is 9.48 Å². The SMILES string of the molecule is Cc1ccc(S(=O)(=O)N2CCOCC2)cc1NC(=O)COC(=O)c1cc2c(C)nn(C)c2s1. The summed E-state index contributed by atoms with van der Waals surface area (Å²) in [7, 11) is -1.91. The van der Waals surface area contributed by atoms with E-state index in [0.717, 1.165) is 15.9 Å². The molecule has 0 atom stereocenters. The molecule has 3 aromatic rings. The molecule has 0 unspecified atom stereocenters. The molecular weight excluding hydrogens is 468 g/mol. The van der Waals surface area contributed by atoms with Crippen molar-refractivity contribution < 1.29 is 27.5 Å². The molecule has 3 heterocycles. The molecule has 2 aromatic heterocycles. The van der Waals surface area contributed by atoms with Gasteiger partial charge >= 0.3 is 5.97 Å². The lowest BCUT2D eigenvalue weighted by Crippen LogP contribution is -2.40. The number of rotatable bonds is 6. The van der Waals surface area contributed by atoms with Crippen LogP contribution in [0.2, 0.25) is 0 Å². The molecule has 1 amide bonds. The largest absolute Gasteiger partial charge is 0.451 e. The fraction of sp³-hybridized carbons (Fsp3) is 0.381. The minimum absolute atomic E-state index is 0.0801. The Hall–Kier alpha value is -2.80. The number of fused-ring (bicyclic) bond motifs is 1. The van der Waals surface area contributed by atoms with Crippen LogP contribution in [0.4, 0.5) is 5.69 Å². The van der Waals surface area contributed by atoms with Gasteiger partial charge in [0.25, 0.3) is 5.91 Å². The van der Waals surface area contributed by atoms with Gasteiger partial charge in [0.2, 0.25) is 10.0 Å². The van der Waals surface area contributed by atoms with E-state index in [9.17, 15) is 18.0 Å². The quantitative estimate of drug-likeness (QED) is 0.523. The van der Waals surface area contributed by atoms with Crippen molar-refractivity contribution in [3.8, 4) is 0 Å². The molecule has 1 fully saturated rings. The normalized spacial score (nSPS) is 15.0. The molecule has 10 nitrogen and oxygen atoms in total. The number of benzene rings is 1. The summed E-state index contributed by atoms with van der Waals surface area (Å²) in [5.74, 6) is -1.17. The number of carbonyl (C=O) groups is 2. The summed E-state index contributed by atoms with van der Waals surface area (Å²) in [6.45, 7) is 4.35. The Morgan fingerprint density at radius 1 is 1.21 bits per heavy atom. The zero-order chi connectivity index (χ0) is 23.8. The number of carbonyl (C=O) groups excluding carboxylic acids is 2. The predicted octanol–water partition coefficient (Wildman–Crippen LogP) is 2.07. The van der Waals surface area contributed by atoms with Gasteiger partial charge in [-0.1, -0.05) is 6.07 Å². The van der Waals surface area contributed by atoms with E-state index in [1.54, 1.807) is 30.8 Å². The van der Waals surface area contributed by atoms with E-state index < -0.39 is 28.5 Å². The molecular formula is C21H24N4O6S2. The number of aromatic nitrogens is 2. The Balaban J connectivity index is 1.42. The Morgan fingerprint density at radius 3 is 2.64 bits per heavy atom. The number of morpholine rings is 1. The zero-order valence-corrected chi connectivity index (χ0v) is 20.1. The summed E-state index contributed by atoms with van der Waals surface area (Å²) >= 11 is 1.24. The molecule has 0 radical (unpaired) electrons. The van der Waals surface area contributed by atoms with E-state index in [0.29, 0.717) is 29.3 Å². The van der Waals surface area contributed by atoms with Crippen molar-refractivity contribution in [1.82, 2.24) is 14.1 Å². The van der Waals surface area contributed by atoms with Crippen molar-refractivity contribution >= 4 is 49.1 Å². The minimum atomic E-state index is -3.70. The Morgan fingerprint density at radius 2 is 1.94 bits per heavy atom. The van der Waals surface area contributed by atoms with Crippen LogP contribution in [-0.4, -0.2) is 67.3 Å². The van der Waals surface area contributed by atoms with Crippen molar-refractivity contribution in [3.05, 3.63) is 40.4 Å². The topological polar surface area (TPSA) is 120 Å². The highest BCUT2D eigenvalue weighted by atomic mass is 32.2. The number of anilines is 1. The van der Waals surface area contributed by atoms with Crippen molar-refractivity contribution in [2.24, 2.45) is 7.05 Å². The standard InChI is InChI=1S/C21H24N4O6S2/c1-13-4-5-15(33(28,29)25-6-8-30-9-7-25)10-17(13)22-19(26)12-31-21(27)18-11-16-14(2)23-24(3)20(16)32-18/h4-5,10-11H,6-9,12H2,1-3H3,(H,22,26). The number of aryl methyl sites for hydroxylation is 3. The van der Waals surface area contributed by atoms with Crippen LogP contribution in [0.1, 0.15) is 20.9 Å². The molecule has 1 aliphatic rings. The van der Waals surface area contributed by atoms with E-state index in [-0.39, 0.29) is 18.0 Å². The van der Waals surface area contributed by atoms with Crippen LogP contribution in [0.5, 0.6) is 0 Å². The Bertz CT molecular complexity index is 1290. The highest BCUT2D eigenvalue weighted by molar-refractivity contribution is 7.89. The first-order valence-corrected chi connectivity index (χ1v) is 12.5. The molecule has 0 aliphatic carbocycles. The van der Waals surface area contributed by atoms with Gasteiger partial charge < -0.3 is 14.8 Å². The van der Waals surface area contributed by atoms with Crippen LogP contribution < -0.4 is 5.32 Å². The maximum atomic E-state index is 12.9. The van der Waals surface area contributed by atoms with E-state index in [4.69, 9.17) is 9.47 Å². The lowest BCUT2D eigenvalue weighted by Gasteiger charge is -2.26. The van der Waals surface area contributed by atoms with Crippen molar-refractivity contribution in [1.29, 1.82) is 0 Å². The van der Waals surface area contributed by atoms with E-state index in [2.05, 4.69) is 10.4 Å². The monoisotopic (exact) mass is 492 g/mol. The van der Waals surface area contributed by atoms with Gasteiger partial charge in [0, 0.05) is 31.2 Å². The zero-order valence-electron chi connectivity index (χ0n) is 18.5. The number of sulfonamides is 1. The van der Waals surface area contributed by atoms with E-state index >= 15 is 0 Å². The molecule has 0 saturated carbocycles. The van der Waals surface area contributed by atoms with Crippen LogP contribution in [-0.2, 0) is 31.3 Å². The predicted molar refractivity (Wildman–Crippen MR) is 123 cm³/mol. The fourth-order valence-electron chi connectivity index (χ4n) is 3.53. The third-order valence-electron chi connectivity index (χ3n) is 5.32. The van der Waals surface area contributed by atoms with E-state index in [1.165, 1.54) is 27.8 Å². The lowest BCUT2D eigenvalue weighted by molar-refractivity contribution is -0.119. The van der Waals surface area contributed by atoms with E-state index in [1.807, 2.05) is 6.92 Å². The molecule has 4 rings (SSSR count). The first-order chi connectivity index (χ1) is 15.7. The minimum Gasteiger partial charge on any atom is -0.451 e. The van der Waals surface area contributed by atoms with Crippen LogP contribution >= 0.6 is 11.3 Å². The molecule has 1 aliphatic heterocycles. The van der Waals surface area contributed by atoms with Gasteiger partial charge in [-0.25, -0.2) is 13.2 Å². The second-order valence-corrected chi connectivity index (χ2v) is 10.6. The van der Waals surface area contributed by atoms with Gasteiger partial charge in [-0.15, -0.1) is 11.3 Å². The highest BCUT2D eigenvalue weighted by Gasteiger charge is 2.27. The Labute approximate surface area is 195 Å². The summed E-state index contributed by atoms with van der Waals surface area (Å²) in [5, 5.41) is 7.80. The average Bonchev–Trinajstić information content (AvgIpc) is 3.35. The first-order valence-electron chi connectivity index (χ1n) is 10.3. The number of hydrogen-bond acceptors (Lipinski definition) is 8. The molecule has 0 bridgehead atoms. The smallest absolute Gasteiger partial charge is 0.348 e. The van der Waals surface area contributed by atoms with Crippen molar-refractivity contribution in [3.63, 3.8) is 0 Å². The van der Waals surface area contributed by atoms with Gasteiger partial charge in [-0.05, 0) is 37.6 Å². The number of ether oxygens (including phenoxy) is 2. The van der Waals surface area contributed by atoms with Crippen LogP contribution in [0.3, 0.4) is 0 Å². The van der Waals surface area contributed by atoms with Gasteiger partial charge in [0.1, 0.15) is 9.71 Å². The van der Waals surface area contributed by atoms with Crippen molar-refractivity contribution in [2.75, 3.05) is 38.2 Å². The molecule has 33 heavy (non-hydrogen) atoms. The second-order valence-electron chi connectivity index (χ2n) is 7.66. The van der Waals surface area contributed by atoms with Crippen LogP contribution in [0.25, 0.3) is 10.2 Å². The summed E-state index contributed by atoms with van der Waals surface area (Å²) < 4.78 is 39.2. The van der Waals surface area contributed by atoms with Crippen molar-refractivity contribution in [2.45, 2.75) is 18.7 Å². The van der Waals surface area contributed by atoms with Crippen LogP contribution in [0, 0.1) is 13.8 Å². The molecule has 0 spiro atoms. The molecule has 12 heteroatoms. The molecule has 1 aromatic carbocycles. The lowest BCUT2D eigenvalue weighted by atomic mass is 10.2. The third-order valence-corrected chi connectivity index (χ3v) is 8.40. The van der Waals surface area contributed by atoms with Gasteiger partial charge in [0.05, 0.1) is 23.8 Å².